The molecule has 4 rings (SSSR count). The van der Waals surface area contributed by atoms with Crippen LogP contribution in [0.3, 0.4) is 0 Å². The molecule has 1 aromatic rings. The molecule has 1 aromatic carbocycles. The van der Waals surface area contributed by atoms with Crippen LogP contribution in [0.4, 0.5) is 0 Å². The smallest absolute Gasteiger partial charge is 0.336 e. The molecule has 3 atom stereocenters. The molecule has 0 spiro atoms. The SMILES string of the molecule is CN1CCC23CCCC[C@@H]2[C@H]1Cc1ccc(O)cc13.O=C(O)CC(O)(CC(=O)O)C(=O)O. The molecule has 2 bridgehead atoms. The number of aliphatic carboxylic acids is 3. The Kier molecular flexibility index (Phi) is 6.80. The van der Waals surface area contributed by atoms with Crippen molar-refractivity contribution in [1.29, 1.82) is 0 Å². The van der Waals surface area contributed by atoms with Crippen molar-refractivity contribution in [1.82, 2.24) is 4.90 Å². The average Bonchev–Trinajstić information content (AvgIpc) is 2.70. The predicted octanol–water partition coefficient (Wildman–Crippen LogP) is 1.83. The summed E-state index contributed by atoms with van der Waals surface area (Å²) < 4.78 is 0. The van der Waals surface area contributed by atoms with Gasteiger partial charge >= 0.3 is 17.9 Å². The van der Waals surface area contributed by atoms with E-state index in [0.29, 0.717) is 11.2 Å². The summed E-state index contributed by atoms with van der Waals surface area (Å²) in [6, 6.07) is 6.85. The minimum Gasteiger partial charge on any atom is -0.508 e. The zero-order chi connectivity index (χ0) is 23.7. The predicted molar refractivity (Wildman–Crippen MR) is 114 cm³/mol. The number of phenols is 1. The third kappa shape index (κ3) is 4.59. The van der Waals surface area contributed by atoms with Crippen molar-refractivity contribution in [2.24, 2.45) is 5.92 Å². The average molecular weight is 450 g/mol. The van der Waals surface area contributed by atoms with Gasteiger partial charge in [-0.25, -0.2) is 4.79 Å². The third-order valence-corrected chi connectivity index (χ3v) is 7.38. The minimum atomic E-state index is -2.74. The molecule has 2 aliphatic carbocycles. The van der Waals surface area contributed by atoms with Crippen molar-refractivity contribution < 1.29 is 39.9 Å². The summed E-state index contributed by atoms with van der Waals surface area (Å²) in [6.07, 6.45) is 5.64. The lowest BCUT2D eigenvalue weighted by Crippen LogP contribution is -2.59. The van der Waals surface area contributed by atoms with Gasteiger partial charge in [-0.3, -0.25) is 9.59 Å². The van der Waals surface area contributed by atoms with E-state index >= 15 is 0 Å². The lowest BCUT2D eigenvalue weighted by atomic mass is 9.52. The summed E-state index contributed by atoms with van der Waals surface area (Å²) in [6.45, 7) is 1.22. The molecule has 5 N–H and O–H groups in total. The van der Waals surface area contributed by atoms with Gasteiger partial charge in [0.1, 0.15) is 5.75 Å². The van der Waals surface area contributed by atoms with Crippen molar-refractivity contribution in [2.45, 2.75) is 68.4 Å². The summed E-state index contributed by atoms with van der Waals surface area (Å²) in [4.78, 5) is 33.1. The summed E-state index contributed by atoms with van der Waals surface area (Å²) >= 11 is 0. The first-order valence-electron chi connectivity index (χ1n) is 10.9. The van der Waals surface area contributed by atoms with Crippen LogP contribution in [0.1, 0.15) is 56.1 Å². The maximum absolute atomic E-state index is 10.3. The van der Waals surface area contributed by atoms with Crippen molar-refractivity contribution in [2.75, 3.05) is 13.6 Å². The number of carboxylic acid groups (broad SMARTS) is 3. The van der Waals surface area contributed by atoms with Crippen molar-refractivity contribution in [3.05, 3.63) is 29.3 Å². The molecule has 1 aliphatic heterocycles. The fourth-order valence-corrected chi connectivity index (χ4v) is 5.90. The van der Waals surface area contributed by atoms with Gasteiger partial charge in [-0.2, -0.15) is 0 Å². The maximum Gasteiger partial charge on any atom is 0.336 e. The van der Waals surface area contributed by atoms with Crippen molar-refractivity contribution >= 4 is 17.9 Å². The number of aromatic hydroxyl groups is 1. The van der Waals surface area contributed by atoms with E-state index in [2.05, 4.69) is 24.1 Å². The van der Waals surface area contributed by atoms with Gasteiger partial charge in [0.25, 0.3) is 0 Å². The molecule has 9 nitrogen and oxygen atoms in total. The Bertz CT molecular complexity index is 884. The standard InChI is InChI=1S/C17H23NO.C6H8O7/c1-18-9-8-17-7-3-2-4-14(17)16(18)10-12-5-6-13(19)11-15(12)17;7-3(8)1-6(13,5(11)12)2-4(9)10/h5-6,11,14,16,19H,2-4,7-10H2,1H3;13H,1-2H2,(H,7,8)(H,9,10)(H,11,12)/t14-,16-,17?;/m1./s1. The van der Waals surface area contributed by atoms with E-state index in [1.807, 2.05) is 6.07 Å². The van der Waals surface area contributed by atoms with E-state index < -0.39 is 36.4 Å². The number of carbonyl (C=O) groups is 3. The number of nitrogens with zero attached hydrogens (tertiary/aromatic N) is 1. The Morgan fingerprint density at radius 1 is 1.09 bits per heavy atom. The normalized spacial score (nSPS) is 26.7. The van der Waals surface area contributed by atoms with Gasteiger partial charge < -0.3 is 30.4 Å². The monoisotopic (exact) mass is 449 g/mol. The van der Waals surface area contributed by atoms with E-state index in [1.165, 1.54) is 56.2 Å². The number of benzene rings is 1. The quantitative estimate of drug-likeness (QED) is 0.452. The molecular formula is C23H31NO8. The van der Waals surface area contributed by atoms with Crippen LogP contribution >= 0.6 is 0 Å². The lowest BCUT2D eigenvalue weighted by molar-refractivity contribution is -0.170. The number of phenolic OH excluding ortho intramolecular Hbond substituents is 1. The number of hydrogen-bond donors (Lipinski definition) is 5. The Balaban J connectivity index is 0.000000198. The van der Waals surface area contributed by atoms with E-state index in [-0.39, 0.29) is 0 Å². The second-order valence-corrected chi connectivity index (χ2v) is 9.33. The third-order valence-electron chi connectivity index (χ3n) is 7.38. The second-order valence-electron chi connectivity index (χ2n) is 9.33. The van der Waals surface area contributed by atoms with Gasteiger partial charge in [0, 0.05) is 11.5 Å². The molecular weight excluding hydrogens is 418 g/mol. The number of likely N-dealkylation sites (N-methyl/N-ethyl adjacent to an activating group) is 1. The van der Waals surface area contributed by atoms with Crippen molar-refractivity contribution in [3.63, 3.8) is 0 Å². The molecule has 0 amide bonds. The van der Waals surface area contributed by atoms with E-state index in [9.17, 15) is 19.5 Å². The van der Waals surface area contributed by atoms with Gasteiger partial charge in [0.15, 0.2) is 5.60 Å². The highest BCUT2D eigenvalue weighted by Crippen LogP contribution is 2.55. The van der Waals surface area contributed by atoms with E-state index in [1.54, 1.807) is 0 Å². The van der Waals surface area contributed by atoms with Crippen LogP contribution in [0, 0.1) is 5.92 Å². The molecule has 0 radical (unpaired) electrons. The van der Waals surface area contributed by atoms with Gasteiger partial charge in [-0.15, -0.1) is 0 Å². The van der Waals surface area contributed by atoms with Crippen LogP contribution < -0.4 is 0 Å². The first-order chi connectivity index (χ1) is 15.0. The number of piperidine rings is 1. The number of likely N-dealkylation sites (tertiary alicyclic amines) is 1. The lowest BCUT2D eigenvalue weighted by Gasteiger charge is -2.58. The molecule has 3 aliphatic rings. The molecule has 176 valence electrons. The fourth-order valence-electron chi connectivity index (χ4n) is 5.90. The van der Waals surface area contributed by atoms with Crippen LogP contribution in [-0.2, 0) is 26.2 Å². The highest BCUT2D eigenvalue weighted by molar-refractivity contribution is 5.88. The number of rotatable bonds is 5. The fraction of sp³-hybridized carbons (Fsp3) is 0.609. The zero-order valence-corrected chi connectivity index (χ0v) is 18.2. The second kappa shape index (κ2) is 9.07. The van der Waals surface area contributed by atoms with Gasteiger partial charge in [0.05, 0.1) is 12.8 Å². The number of hydrogen-bond acceptors (Lipinski definition) is 6. The largest absolute Gasteiger partial charge is 0.508 e. The van der Waals surface area contributed by atoms with Crippen LogP contribution in [0.25, 0.3) is 0 Å². The summed E-state index contributed by atoms with van der Waals surface area (Å²) in [5, 5.41) is 43.7. The molecule has 1 unspecified atom stereocenters. The van der Waals surface area contributed by atoms with Crippen molar-refractivity contribution in [3.8, 4) is 5.75 Å². The van der Waals surface area contributed by atoms with E-state index in [0.717, 1.165) is 12.0 Å². The van der Waals surface area contributed by atoms with Gasteiger partial charge in [0.2, 0.25) is 0 Å². The van der Waals surface area contributed by atoms with Gasteiger partial charge in [-0.1, -0.05) is 18.9 Å². The highest BCUT2D eigenvalue weighted by atomic mass is 16.4. The summed E-state index contributed by atoms with van der Waals surface area (Å²) in [5.74, 6) is -3.75. The summed E-state index contributed by atoms with van der Waals surface area (Å²) in [7, 11) is 2.30. The van der Waals surface area contributed by atoms with Crippen LogP contribution in [0.2, 0.25) is 0 Å². The molecule has 9 heteroatoms. The molecule has 1 saturated carbocycles. The Labute approximate surface area is 186 Å². The number of aliphatic hydroxyl groups is 1. The van der Waals surface area contributed by atoms with Crippen LogP contribution in [-0.4, -0.2) is 73.6 Å². The minimum absolute atomic E-state index is 0.377. The van der Waals surface area contributed by atoms with E-state index in [4.69, 9.17) is 20.4 Å². The number of fused-ring (bicyclic) bond motifs is 1. The zero-order valence-electron chi connectivity index (χ0n) is 18.2. The van der Waals surface area contributed by atoms with Gasteiger partial charge in [-0.05, 0) is 68.5 Å². The Morgan fingerprint density at radius 3 is 2.34 bits per heavy atom. The highest BCUT2D eigenvalue weighted by Gasteiger charge is 2.53. The summed E-state index contributed by atoms with van der Waals surface area (Å²) in [5.41, 5.74) is 0.619. The molecule has 1 saturated heterocycles. The first kappa shape index (κ1) is 24.0. The maximum atomic E-state index is 10.3. The molecule has 0 aromatic heterocycles. The van der Waals surface area contributed by atoms with Crippen LogP contribution in [0.5, 0.6) is 5.75 Å². The van der Waals surface area contributed by atoms with Crippen LogP contribution in [0.15, 0.2) is 18.2 Å². The first-order valence-corrected chi connectivity index (χ1v) is 10.9. The Hall–Kier alpha value is -2.65. The topological polar surface area (TPSA) is 156 Å². The molecule has 32 heavy (non-hydrogen) atoms. The Morgan fingerprint density at radius 2 is 1.75 bits per heavy atom. The number of carboxylic acids is 3. The molecule has 1 heterocycles. The molecule has 2 fully saturated rings.